The first kappa shape index (κ1) is 24.8. The lowest BCUT2D eigenvalue weighted by atomic mass is 9.86. The molecule has 0 radical (unpaired) electrons. The van der Waals surface area contributed by atoms with Crippen LogP contribution in [0, 0.1) is 11.8 Å². The molecule has 1 aliphatic carbocycles. The quantitative estimate of drug-likeness (QED) is 0.511. The van der Waals surface area contributed by atoms with Crippen LogP contribution in [0.2, 0.25) is 0 Å². The topological polar surface area (TPSA) is 88.1 Å². The lowest BCUT2D eigenvalue weighted by molar-refractivity contribution is -0.139. The van der Waals surface area contributed by atoms with Crippen molar-refractivity contribution in [2.75, 3.05) is 32.7 Å². The molecule has 7 rings (SSSR count). The number of H-pyrrole nitrogens is 1. The highest BCUT2D eigenvalue weighted by molar-refractivity contribution is 6.01. The first-order valence-corrected chi connectivity index (χ1v) is 14.5. The van der Waals surface area contributed by atoms with Crippen LogP contribution in [0.1, 0.15) is 45.1 Å². The van der Waals surface area contributed by atoms with Gasteiger partial charge in [-0.05, 0) is 62.8 Å². The van der Waals surface area contributed by atoms with Gasteiger partial charge < -0.3 is 19.8 Å². The number of aromatic nitrogens is 2. The number of carbonyl (C=O) groups excluding carboxylic acids is 1. The molecular weight excluding hydrogens is 488 g/mol. The summed E-state index contributed by atoms with van der Waals surface area (Å²) in [5.74, 6) is 1.84. The Hall–Kier alpha value is -3.23. The Labute approximate surface area is 229 Å². The Morgan fingerprint density at radius 3 is 2.44 bits per heavy atom. The number of nitrogens with zero attached hydrogens (tertiary/aromatic N) is 5. The molecule has 3 fully saturated rings. The maximum absolute atomic E-state index is 12.5. The highest BCUT2D eigenvalue weighted by Crippen LogP contribution is 2.40. The second-order valence-electron chi connectivity index (χ2n) is 12.3. The first-order valence-electron chi connectivity index (χ1n) is 14.5. The number of hydrogen-bond donors (Lipinski definition) is 2. The number of rotatable bonds is 6. The van der Waals surface area contributed by atoms with E-state index in [9.17, 15) is 9.90 Å². The normalized spacial score (nSPS) is 23.6. The number of aliphatic hydroxyl groups excluding tert-OH is 1. The van der Waals surface area contributed by atoms with Crippen LogP contribution in [0.3, 0.4) is 0 Å². The molecular formula is C31H38N6O2. The summed E-state index contributed by atoms with van der Waals surface area (Å²) in [7, 11) is 0. The minimum absolute atomic E-state index is 0.266. The van der Waals surface area contributed by atoms with Crippen molar-refractivity contribution in [3.05, 3.63) is 54.2 Å². The molecule has 0 bridgehead atoms. The number of aliphatic hydroxyl groups is 1. The summed E-state index contributed by atoms with van der Waals surface area (Å²) in [6.45, 7) is 8.67. The highest BCUT2D eigenvalue weighted by atomic mass is 16.3. The van der Waals surface area contributed by atoms with Gasteiger partial charge in [-0.1, -0.05) is 30.3 Å². The number of nitrogens with one attached hydrogen (secondary N) is 1. The molecule has 1 amide bonds. The average molecular weight is 527 g/mol. The van der Waals surface area contributed by atoms with E-state index in [-0.39, 0.29) is 5.92 Å². The number of amides is 1. The third kappa shape index (κ3) is 4.43. The number of carbonyl (C=O) groups is 1. The molecule has 1 atom stereocenters. The van der Waals surface area contributed by atoms with E-state index in [0.717, 1.165) is 91.8 Å². The lowest BCUT2D eigenvalue weighted by Crippen LogP contribution is -2.58. The number of aliphatic imine (C=N–C) groups is 1. The Kier molecular flexibility index (Phi) is 6.01. The van der Waals surface area contributed by atoms with Gasteiger partial charge in [0.1, 0.15) is 11.4 Å². The third-order valence-electron chi connectivity index (χ3n) is 9.34. The van der Waals surface area contributed by atoms with Crippen LogP contribution in [0.15, 0.2) is 53.7 Å². The van der Waals surface area contributed by atoms with E-state index in [1.807, 2.05) is 11.1 Å². The van der Waals surface area contributed by atoms with Gasteiger partial charge in [0.15, 0.2) is 6.23 Å². The van der Waals surface area contributed by atoms with Crippen LogP contribution in [-0.2, 0) is 4.79 Å². The van der Waals surface area contributed by atoms with E-state index >= 15 is 0 Å². The smallest absolute Gasteiger partial charge is 0.225 e. The van der Waals surface area contributed by atoms with Crippen LogP contribution in [0.4, 0.5) is 0 Å². The fourth-order valence-electron chi connectivity index (χ4n) is 6.62. The lowest BCUT2D eigenvalue weighted by Gasteiger charge is -2.45. The Morgan fingerprint density at radius 2 is 1.74 bits per heavy atom. The van der Waals surface area contributed by atoms with Crippen LogP contribution in [0.5, 0.6) is 0 Å². The van der Waals surface area contributed by atoms with Gasteiger partial charge in [-0.15, -0.1) is 0 Å². The predicted octanol–water partition coefficient (Wildman–Crippen LogP) is 3.72. The molecule has 1 unspecified atom stereocenters. The molecule has 2 aromatic carbocycles. The molecule has 8 nitrogen and oxygen atoms in total. The Balaban J connectivity index is 1.14. The third-order valence-corrected chi connectivity index (χ3v) is 9.34. The maximum Gasteiger partial charge on any atom is 0.225 e. The van der Waals surface area contributed by atoms with Crippen molar-refractivity contribution < 1.29 is 9.90 Å². The number of aromatic amines is 1. The van der Waals surface area contributed by atoms with Crippen molar-refractivity contribution in [2.45, 2.75) is 57.3 Å². The fraction of sp³-hybridized carbons (Fsp3) is 0.516. The summed E-state index contributed by atoms with van der Waals surface area (Å²) in [6, 6.07) is 15.4. The molecule has 8 heteroatoms. The first-order chi connectivity index (χ1) is 18.9. The van der Waals surface area contributed by atoms with Crippen molar-refractivity contribution >= 4 is 22.6 Å². The minimum atomic E-state index is -0.641. The molecule has 1 aromatic heterocycles. The van der Waals surface area contributed by atoms with Crippen LogP contribution in [-0.4, -0.2) is 92.3 Å². The van der Waals surface area contributed by atoms with Gasteiger partial charge in [0.25, 0.3) is 0 Å². The van der Waals surface area contributed by atoms with Gasteiger partial charge in [0, 0.05) is 61.6 Å². The second kappa shape index (κ2) is 9.45. The van der Waals surface area contributed by atoms with Crippen molar-refractivity contribution in [1.29, 1.82) is 0 Å². The van der Waals surface area contributed by atoms with Gasteiger partial charge in [0.2, 0.25) is 5.91 Å². The zero-order chi connectivity index (χ0) is 26.7. The van der Waals surface area contributed by atoms with Crippen molar-refractivity contribution in [3.8, 4) is 11.1 Å². The van der Waals surface area contributed by atoms with E-state index in [1.54, 1.807) is 0 Å². The Morgan fingerprint density at radius 1 is 1.05 bits per heavy atom. The van der Waals surface area contributed by atoms with Gasteiger partial charge in [0.05, 0.1) is 11.7 Å². The molecule has 2 saturated heterocycles. The summed E-state index contributed by atoms with van der Waals surface area (Å²) in [6.07, 6.45) is 5.01. The number of amidine groups is 1. The van der Waals surface area contributed by atoms with Crippen molar-refractivity contribution in [3.63, 3.8) is 0 Å². The molecule has 4 aliphatic rings. The van der Waals surface area contributed by atoms with Crippen LogP contribution >= 0.6 is 0 Å². The molecule has 3 aromatic rings. The molecule has 4 heterocycles. The summed E-state index contributed by atoms with van der Waals surface area (Å²) in [4.78, 5) is 24.4. The number of likely N-dealkylation sites (tertiary alicyclic amines) is 2. The van der Waals surface area contributed by atoms with Crippen molar-refractivity contribution in [1.82, 2.24) is 24.9 Å². The number of piperidine rings is 1. The van der Waals surface area contributed by atoms with Crippen molar-refractivity contribution in [2.24, 2.45) is 16.8 Å². The van der Waals surface area contributed by atoms with Gasteiger partial charge in [-0.3, -0.25) is 14.9 Å². The molecule has 1 saturated carbocycles. The van der Waals surface area contributed by atoms with Gasteiger partial charge in [-0.2, -0.15) is 5.10 Å². The summed E-state index contributed by atoms with van der Waals surface area (Å²) < 4.78 is 0. The fourth-order valence-corrected chi connectivity index (χ4v) is 6.62. The van der Waals surface area contributed by atoms with E-state index in [0.29, 0.717) is 17.9 Å². The maximum atomic E-state index is 12.5. The minimum Gasteiger partial charge on any atom is -0.371 e. The van der Waals surface area contributed by atoms with Crippen LogP contribution < -0.4 is 0 Å². The van der Waals surface area contributed by atoms with Gasteiger partial charge >= 0.3 is 0 Å². The standard InChI is InChI=1S/C31H38N6O2/c1-20(2)35-13-11-31(12-14-35)30(39)37(19-21-17-36(18-21)29(38)24-7-8-24)28(33-31)23-5-3-22(4-6-23)25-9-10-27-26(15-25)16-32-34-27/h3-6,9-10,15-16,20-21,24,30,39H,7-8,11-14,17-19H2,1-2H3,(H,32,34). The molecule has 204 valence electrons. The monoisotopic (exact) mass is 526 g/mol. The summed E-state index contributed by atoms with van der Waals surface area (Å²) in [5, 5.41) is 20.0. The number of hydrogen-bond acceptors (Lipinski definition) is 6. The zero-order valence-corrected chi connectivity index (χ0v) is 22.9. The zero-order valence-electron chi connectivity index (χ0n) is 22.9. The van der Waals surface area contributed by atoms with E-state index in [2.05, 4.69) is 76.3 Å². The molecule has 39 heavy (non-hydrogen) atoms. The Bertz CT molecular complexity index is 1390. The second-order valence-corrected chi connectivity index (χ2v) is 12.3. The molecule has 2 N–H and O–H groups in total. The number of fused-ring (bicyclic) bond motifs is 1. The average Bonchev–Trinajstić information content (AvgIpc) is 3.62. The highest BCUT2D eigenvalue weighted by Gasteiger charge is 2.51. The SMILES string of the molecule is CC(C)N1CCC2(CC1)N=C(c1ccc(-c3ccc4[nH]ncc4c3)cc1)N(CC1CN(C(=O)C3CC3)C1)C2O. The molecule has 1 spiro atoms. The summed E-state index contributed by atoms with van der Waals surface area (Å²) >= 11 is 0. The van der Waals surface area contributed by atoms with Gasteiger partial charge in [-0.25, -0.2) is 0 Å². The number of benzene rings is 2. The van der Waals surface area contributed by atoms with E-state index in [1.165, 1.54) is 0 Å². The van der Waals surface area contributed by atoms with E-state index < -0.39 is 11.8 Å². The molecule has 3 aliphatic heterocycles. The largest absolute Gasteiger partial charge is 0.371 e. The predicted molar refractivity (Wildman–Crippen MR) is 152 cm³/mol. The summed E-state index contributed by atoms with van der Waals surface area (Å²) in [5.41, 5.74) is 3.88. The van der Waals surface area contributed by atoms with Crippen LogP contribution in [0.25, 0.3) is 22.0 Å². The van der Waals surface area contributed by atoms with E-state index in [4.69, 9.17) is 4.99 Å².